The van der Waals surface area contributed by atoms with Crippen LogP contribution in [0.15, 0.2) is 47.6 Å². The number of hydrogen-bond acceptors (Lipinski definition) is 11. The van der Waals surface area contributed by atoms with Crippen molar-refractivity contribution >= 4 is 11.8 Å². The number of pyridine rings is 1. The number of hydrogen-bond donors (Lipinski definition) is 2. The van der Waals surface area contributed by atoms with Crippen molar-refractivity contribution in [2.75, 3.05) is 36.8 Å². The van der Waals surface area contributed by atoms with E-state index in [1.54, 1.807) is 24.8 Å². The van der Waals surface area contributed by atoms with E-state index < -0.39 is 5.41 Å². The number of nitrogens with one attached hydrogen (secondary N) is 1. The number of nitrogens with two attached hydrogens (primary N) is 1. The smallest absolute Gasteiger partial charge is 0.278 e. The summed E-state index contributed by atoms with van der Waals surface area (Å²) in [5, 5.41) is 7.67. The summed E-state index contributed by atoms with van der Waals surface area (Å²) in [5.41, 5.74) is 8.13. The van der Waals surface area contributed by atoms with E-state index in [0.717, 1.165) is 48.8 Å². The van der Waals surface area contributed by atoms with Gasteiger partial charge in [-0.2, -0.15) is 4.98 Å². The Bertz CT molecular complexity index is 1270. The topological polar surface area (TPSA) is 145 Å². The summed E-state index contributed by atoms with van der Waals surface area (Å²) < 4.78 is 5.62. The van der Waals surface area contributed by atoms with E-state index in [1.807, 2.05) is 32.2 Å². The molecular weight excluding hydrogens is 468 g/mol. The fraction of sp³-hybridized carbons (Fsp3) is 0.423. The Morgan fingerprint density at radius 3 is 2.22 bits per heavy atom. The zero-order valence-electron chi connectivity index (χ0n) is 22.0. The Balaban J connectivity index is 0.00000156. The second-order valence-electron chi connectivity index (χ2n) is 9.04. The van der Waals surface area contributed by atoms with Gasteiger partial charge in [-0.05, 0) is 24.5 Å². The molecule has 0 radical (unpaired) electrons. The molecule has 1 aliphatic rings. The van der Waals surface area contributed by atoms with Crippen molar-refractivity contribution in [3.63, 3.8) is 0 Å². The van der Waals surface area contributed by atoms with Crippen molar-refractivity contribution in [2.45, 2.75) is 40.0 Å². The number of piperazine rings is 1. The standard InChI is InChI=1S/C24H28N10O.C2H6/c1-15(2)24(3,17-4-5-18(27-12-17)16-10-30-23(25)31-11-16)22-32-21(35-33-22)19-13-29-20(14-28-19)34-8-6-26-7-9-34;1-2/h4-5,10-15,26H,6-9H2,1-3H3,(H2,25,30,31);1-2H3. The molecule has 0 saturated carbocycles. The number of nitrogens with zero attached hydrogens (tertiary/aromatic N) is 8. The molecule has 4 aromatic rings. The maximum Gasteiger partial charge on any atom is 0.278 e. The zero-order valence-corrected chi connectivity index (χ0v) is 22.0. The van der Waals surface area contributed by atoms with Gasteiger partial charge in [-0.15, -0.1) is 0 Å². The number of nitrogen functional groups attached to an aromatic ring is 1. The molecule has 0 aromatic carbocycles. The molecule has 11 heteroatoms. The minimum absolute atomic E-state index is 0.168. The molecule has 11 nitrogen and oxygen atoms in total. The van der Waals surface area contributed by atoms with Gasteiger partial charge >= 0.3 is 0 Å². The SMILES string of the molecule is CC.CC(C)C(C)(c1ccc(-c2cnc(N)nc2)nc1)c1noc(-c2cnc(N3CCNCC3)cn2)n1. The van der Waals surface area contributed by atoms with Gasteiger partial charge in [0.15, 0.2) is 5.82 Å². The molecule has 1 fully saturated rings. The van der Waals surface area contributed by atoms with E-state index in [-0.39, 0.29) is 11.9 Å². The van der Waals surface area contributed by atoms with E-state index in [0.29, 0.717) is 17.4 Å². The lowest BCUT2D eigenvalue weighted by molar-refractivity contribution is 0.350. The quantitative estimate of drug-likeness (QED) is 0.400. The van der Waals surface area contributed by atoms with Gasteiger partial charge < -0.3 is 20.5 Å². The van der Waals surface area contributed by atoms with E-state index in [2.05, 4.69) is 61.1 Å². The average molecular weight is 503 g/mol. The fourth-order valence-electron chi connectivity index (χ4n) is 4.09. The highest BCUT2D eigenvalue weighted by Gasteiger charge is 2.38. The highest BCUT2D eigenvalue weighted by atomic mass is 16.5. The van der Waals surface area contributed by atoms with Crippen molar-refractivity contribution in [3.8, 4) is 22.8 Å². The monoisotopic (exact) mass is 502 g/mol. The van der Waals surface area contributed by atoms with Gasteiger partial charge in [-0.25, -0.2) is 19.9 Å². The Labute approximate surface area is 217 Å². The molecule has 4 aromatic heterocycles. The Kier molecular flexibility index (Phi) is 8.02. The van der Waals surface area contributed by atoms with Crippen LogP contribution in [0.4, 0.5) is 11.8 Å². The summed E-state index contributed by atoms with van der Waals surface area (Å²) in [6, 6.07) is 3.96. The number of aromatic nitrogens is 7. The largest absolute Gasteiger partial charge is 0.368 e. The van der Waals surface area contributed by atoms with Crippen LogP contribution in [0, 0.1) is 5.92 Å². The molecule has 5 rings (SSSR count). The minimum Gasteiger partial charge on any atom is -0.368 e. The van der Waals surface area contributed by atoms with E-state index in [1.165, 1.54) is 0 Å². The van der Waals surface area contributed by atoms with Gasteiger partial charge in [0.25, 0.3) is 5.89 Å². The first-order valence-electron chi connectivity index (χ1n) is 12.6. The summed E-state index contributed by atoms with van der Waals surface area (Å²) in [4.78, 5) is 28.7. The minimum atomic E-state index is -0.529. The molecule has 0 bridgehead atoms. The number of anilines is 2. The first-order valence-corrected chi connectivity index (χ1v) is 12.6. The van der Waals surface area contributed by atoms with Crippen LogP contribution >= 0.6 is 0 Å². The summed E-state index contributed by atoms with van der Waals surface area (Å²) in [5.74, 6) is 2.16. The molecule has 0 spiro atoms. The van der Waals surface area contributed by atoms with E-state index in [9.17, 15) is 0 Å². The van der Waals surface area contributed by atoms with Gasteiger partial charge in [0.05, 0.1) is 23.5 Å². The van der Waals surface area contributed by atoms with Crippen molar-refractivity contribution in [3.05, 3.63) is 54.5 Å². The van der Waals surface area contributed by atoms with Crippen molar-refractivity contribution < 1.29 is 4.52 Å². The molecule has 37 heavy (non-hydrogen) atoms. The van der Waals surface area contributed by atoms with Gasteiger partial charge in [0, 0.05) is 50.3 Å². The lowest BCUT2D eigenvalue weighted by Crippen LogP contribution is -2.43. The van der Waals surface area contributed by atoms with Crippen molar-refractivity contribution in [1.82, 2.24) is 40.4 Å². The van der Waals surface area contributed by atoms with Crippen LogP contribution in [0.25, 0.3) is 22.8 Å². The van der Waals surface area contributed by atoms with Gasteiger partial charge in [-0.3, -0.25) is 4.98 Å². The van der Waals surface area contributed by atoms with E-state index in [4.69, 9.17) is 15.2 Å². The summed E-state index contributed by atoms with van der Waals surface area (Å²) in [7, 11) is 0. The van der Waals surface area contributed by atoms with Crippen LogP contribution in [0.1, 0.15) is 46.0 Å². The predicted molar refractivity (Wildman–Crippen MR) is 143 cm³/mol. The first-order chi connectivity index (χ1) is 17.9. The Hall–Kier alpha value is -3.99. The molecule has 5 heterocycles. The molecule has 0 aliphatic carbocycles. The van der Waals surface area contributed by atoms with Crippen LogP contribution < -0.4 is 16.0 Å². The van der Waals surface area contributed by atoms with Gasteiger partial charge in [-0.1, -0.05) is 38.9 Å². The summed E-state index contributed by atoms with van der Waals surface area (Å²) >= 11 is 0. The third-order valence-corrected chi connectivity index (χ3v) is 6.67. The average Bonchev–Trinajstić information content (AvgIpc) is 3.46. The highest BCUT2D eigenvalue weighted by Crippen LogP contribution is 2.38. The van der Waals surface area contributed by atoms with Crippen LogP contribution in [0.2, 0.25) is 0 Å². The molecule has 194 valence electrons. The van der Waals surface area contributed by atoms with E-state index >= 15 is 0 Å². The second-order valence-corrected chi connectivity index (χ2v) is 9.04. The lowest BCUT2D eigenvalue weighted by atomic mass is 9.73. The third kappa shape index (κ3) is 5.41. The maximum absolute atomic E-state index is 5.62. The highest BCUT2D eigenvalue weighted by molar-refractivity contribution is 5.58. The van der Waals surface area contributed by atoms with Crippen molar-refractivity contribution in [1.29, 1.82) is 0 Å². The van der Waals surface area contributed by atoms with Crippen molar-refractivity contribution in [2.24, 2.45) is 5.92 Å². The molecule has 1 atom stereocenters. The van der Waals surface area contributed by atoms with Crippen LogP contribution in [0.3, 0.4) is 0 Å². The lowest BCUT2D eigenvalue weighted by Gasteiger charge is -2.30. The third-order valence-electron chi connectivity index (χ3n) is 6.67. The maximum atomic E-state index is 5.62. The Morgan fingerprint density at radius 1 is 0.919 bits per heavy atom. The predicted octanol–water partition coefficient (Wildman–Crippen LogP) is 3.36. The van der Waals surface area contributed by atoms with Gasteiger partial charge in [0.2, 0.25) is 5.95 Å². The normalized spacial score (nSPS) is 15.1. The van der Waals surface area contributed by atoms with Crippen LogP contribution in [0.5, 0.6) is 0 Å². The molecule has 3 N–H and O–H groups in total. The fourth-order valence-corrected chi connectivity index (χ4v) is 4.09. The summed E-state index contributed by atoms with van der Waals surface area (Å²) in [6.07, 6.45) is 8.60. The van der Waals surface area contributed by atoms with Crippen LogP contribution in [-0.2, 0) is 5.41 Å². The molecular formula is C26H34N10O. The van der Waals surface area contributed by atoms with Gasteiger partial charge in [0.1, 0.15) is 11.5 Å². The first kappa shape index (κ1) is 26.1. The molecule has 1 unspecified atom stereocenters. The summed E-state index contributed by atoms with van der Waals surface area (Å²) in [6.45, 7) is 14.0. The molecule has 1 aliphatic heterocycles. The molecule has 0 amide bonds. The Morgan fingerprint density at radius 2 is 1.62 bits per heavy atom. The zero-order chi connectivity index (χ0) is 26.4. The van der Waals surface area contributed by atoms with Crippen LogP contribution in [-0.4, -0.2) is 61.2 Å². The molecule has 1 saturated heterocycles. The second kappa shape index (κ2) is 11.4. The number of rotatable bonds is 6.